The predicted molar refractivity (Wildman–Crippen MR) is 112 cm³/mol. The maximum absolute atomic E-state index is 13.0. The van der Waals surface area contributed by atoms with E-state index >= 15 is 0 Å². The predicted octanol–water partition coefficient (Wildman–Crippen LogP) is 4.28. The van der Waals surface area contributed by atoms with E-state index < -0.39 is 5.41 Å². The SMILES string of the molecule is CC(=O)Nc1ccc(C#CCNC(=O)C2(c3ccc(Cl)cc3)CCCC2)cc1. The zero-order valence-electron chi connectivity index (χ0n) is 15.8. The normalized spacial score (nSPS) is 14.6. The Morgan fingerprint density at radius 3 is 2.29 bits per heavy atom. The standard InChI is InChI=1S/C23H23ClN2O2/c1-17(27)26-21-12-6-18(7-13-21)5-4-16-25-22(28)23(14-2-3-15-23)19-8-10-20(24)11-9-19/h6-13H,2-3,14-16H2,1H3,(H,25,28)(H,26,27). The van der Waals surface area contributed by atoms with Gasteiger partial charge in [0.2, 0.25) is 11.8 Å². The summed E-state index contributed by atoms with van der Waals surface area (Å²) in [6, 6.07) is 14.9. The third-order valence-electron chi connectivity index (χ3n) is 5.06. The molecule has 4 nitrogen and oxygen atoms in total. The second-order valence-corrected chi connectivity index (χ2v) is 7.48. The molecule has 0 heterocycles. The van der Waals surface area contributed by atoms with Crippen LogP contribution in [0.15, 0.2) is 48.5 Å². The Hall–Kier alpha value is -2.77. The van der Waals surface area contributed by atoms with Gasteiger partial charge in [-0.2, -0.15) is 0 Å². The number of carbonyl (C=O) groups is 2. The summed E-state index contributed by atoms with van der Waals surface area (Å²) in [6.45, 7) is 1.76. The van der Waals surface area contributed by atoms with Crippen molar-refractivity contribution in [2.45, 2.75) is 38.0 Å². The Kier molecular flexibility index (Phi) is 6.38. The minimum absolute atomic E-state index is 0.0302. The Labute approximate surface area is 170 Å². The van der Waals surface area contributed by atoms with Crippen molar-refractivity contribution in [2.75, 3.05) is 11.9 Å². The lowest BCUT2D eigenvalue weighted by Crippen LogP contribution is -2.42. The molecule has 5 heteroatoms. The fourth-order valence-electron chi connectivity index (χ4n) is 3.67. The quantitative estimate of drug-likeness (QED) is 0.760. The van der Waals surface area contributed by atoms with E-state index in [1.54, 1.807) is 12.1 Å². The Morgan fingerprint density at radius 1 is 1.04 bits per heavy atom. The zero-order chi connectivity index (χ0) is 20.0. The molecule has 0 bridgehead atoms. The molecule has 0 saturated heterocycles. The summed E-state index contributed by atoms with van der Waals surface area (Å²) < 4.78 is 0. The molecule has 2 N–H and O–H groups in total. The van der Waals surface area contributed by atoms with Crippen molar-refractivity contribution in [3.8, 4) is 11.8 Å². The summed E-state index contributed by atoms with van der Waals surface area (Å²) in [7, 11) is 0. The first-order valence-electron chi connectivity index (χ1n) is 9.40. The van der Waals surface area contributed by atoms with Gasteiger partial charge in [-0.1, -0.05) is 48.4 Å². The van der Waals surface area contributed by atoms with Gasteiger partial charge >= 0.3 is 0 Å². The van der Waals surface area contributed by atoms with Crippen molar-refractivity contribution >= 4 is 29.1 Å². The molecule has 144 valence electrons. The van der Waals surface area contributed by atoms with E-state index in [1.807, 2.05) is 36.4 Å². The molecule has 2 amide bonds. The Balaban J connectivity index is 1.62. The molecule has 3 rings (SSSR count). The number of hydrogen-bond donors (Lipinski definition) is 2. The van der Waals surface area contributed by atoms with Crippen molar-refractivity contribution in [3.05, 3.63) is 64.7 Å². The molecule has 2 aromatic carbocycles. The van der Waals surface area contributed by atoms with Gasteiger partial charge in [0.15, 0.2) is 0 Å². The molecule has 1 aliphatic carbocycles. The Morgan fingerprint density at radius 2 is 1.68 bits per heavy atom. The van der Waals surface area contributed by atoms with Gasteiger partial charge in [-0.3, -0.25) is 9.59 Å². The summed E-state index contributed by atoms with van der Waals surface area (Å²) in [5.74, 6) is 5.96. The molecule has 0 aromatic heterocycles. The molecule has 0 aliphatic heterocycles. The monoisotopic (exact) mass is 394 g/mol. The third-order valence-corrected chi connectivity index (χ3v) is 5.32. The highest BCUT2D eigenvalue weighted by Crippen LogP contribution is 2.41. The van der Waals surface area contributed by atoms with Gasteiger partial charge in [0.1, 0.15) is 0 Å². The number of benzene rings is 2. The number of rotatable bonds is 4. The molecule has 1 saturated carbocycles. The van der Waals surface area contributed by atoms with Crippen LogP contribution >= 0.6 is 11.6 Å². The molecule has 2 aromatic rings. The van der Waals surface area contributed by atoms with Crippen LogP contribution in [0.2, 0.25) is 5.02 Å². The summed E-state index contributed by atoms with van der Waals surface area (Å²) in [6.07, 6.45) is 3.78. The van der Waals surface area contributed by atoms with E-state index in [9.17, 15) is 9.59 Å². The second kappa shape index (κ2) is 8.95. The largest absolute Gasteiger partial charge is 0.344 e. The summed E-state index contributed by atoms with van der Waals surface area (Å²) in [5.41, 5.74) is 2.11. The number of nitrogens with one attached hydrogen (secondary N) is 2. The lowest BCUT2D eigenvalue weighted by atomic mass is 9.78. The molecule has 1 aliphatic rings. The topological polar surface area (TPSA) is 58.2 Å². The van der Waals surface area contributed by atoms with Crippen molar-refractivity contribution in [1.29, 1.82) is 0 Å². The lowest BCUT2D eigenvalue weighted by Gasteiger charge is -2.28. The fraction of sp³-hybridized carbons (Fsp3) is 0.304. The molecule has 1 fully saturated rings. The van der Waals surface area contributed by atoms with E-state index in [1.165, 1.54) is 6.92 Å². The van der Waals surface area contributed by atoms with Crippen LogP contribution in [-0.4, -0.2) is 18.4 Å². The first kappa shape index (κ1) is 20.0. The van der Waals surface area contributed by atoms with Crippen LogP contribution in [0.25, 0.3) is 0 Å². The average Bonchev–Trinajstić information content (AvgIpc) is 3.17. The van der Waals surface area contributed by atoms with Gasteiger partial charge in [0.05, 0.1) is 12.0 Å². The van der Waals surface area contributed by atoms with Crippen LogP contribution in [0.5, 0.6) is 0 Å². The lowest BCUT2D eigenvalue weighted by molar-refractivity contribution is -0.126. The van der Waals surface area contributed by atoms with Gasteiger partial charge in [0.25, 0.3) is 0 Å². The van der Waals surface area contributed by atoms with Gasteiger partial charge in [-0.15, -0.1) is 0 Å². The van der Waals surface area contributed by atoms with Crippen LogP contribution in [0.1, 0.15) is 43.7 Å². The minimum Gasteiger partial charge on any atom is -0.344 e. The first-order chi connectivity index (χ1) is 13.5. The highest BCUT2D eigenvalue weighted by Gasteiger charge is 2.42. The Bertz CT molecular complexity index is 902. The fourth-order valence-corrected chi connectivity index (χ4v) is 3.80. The number of hydrogen-bond acceptors (Lipinski definition) is 2. The number of anilines is 1. The van der Waals surface area contributed by atoms with Gasteiger partial charge in [-0.05, 0) is 54.8 Å². The molecular weight excluding hydrogens is 372 g/mol. The summed E-state index contributed by atoms with van der Waals surface area (Å²) in [5, 5.41) is 6.37. The maximum Gasteiger partial charge on any atom is 0.231 e. The van der Waals surface area contributed by atoms with Crippen molar-refractivity contribution in [2.24, 2.45) is 0 Å². The number of carbonyl (C=O) groups excluding carboxylic acids is 2. The molecule has 28 heavy (non-hydrogen) atoms. The van der Waals surface area contributed by atoms with Crippen LogP contribution in [-0.2, 0) is 15.0 Å². The van der Waals surface area contributed by atoms with Crippen LogP contribution < -0.4 is 10.6 Å². The molecular formula is C23H23ClN2O2. The molecule has 0 atom stereocenters. The van der Waals surface area contributed by atoms with E-state index in [4.69, 9.17) is 11.6 Å². The van der Waals surface area contributed by atoms with Crippen LogP contribution in [0.3, 0.4) is 0 Å². The second-order valence-electron chi connectivity index (χ2n) is 7.04. The molecule has 0 spiro atoms. The highest BCUT2D eigenvalue weighted by molar-refractivity contribution is 6.30. The van der Waals surface area contributed by atoms with E-state index in [-0.39, 0.29) is 11.8 Å². The third kappa shape index (κ3) is 4.74. The van der Waals surface area contributed by atoms with Crippen molar-refractivity contribution in [1.82, 2.24) is 5.32 Å². The molecule has 0 radical (unpaired) electrons. The first-order valence-corrected chi connectivity index (χ1v) is 9.78. The highest BCUT2D eigenvalue weighted by atomic mass is 35.5. The van der Waals surface area contributed by atoms with E-state index in [0.717, 1.165) is 42.5 Å². The van der Waals surface area contributed by atoms with Gasteiger partial charge in [0, 0.05) is 23.2 Å². The number of amides is 2. The smallest absolute Gasteiger partial charge is 0.231 e. The van der Waals surface area contributed by atoms with Crippen molar-refractivity contribution in [3.63, 3.8) is 0 Å². The van der Waals surface area contributed by atoms with Gasteiger partial charge in [-0.25, -0.2) is 0 Å². The van der Waals surface area contributed by atoms with E-state index in [0.29, 0.717) is 11.6 Å². The minimum atomic E-state index is -0.480. The van der Waals surface area contributed by atoms with Crippen LogP contribution in [0, 0.1) is 11.8 Å². The molecule has 0 unspecified atom stereocenters. The maximum atomic E-state index is 13.0. The van der Waals surface area contributed by atoms with Gasteiger partial charge < -0.3 is 10.6 Å². The van der Waals surface area contributed by atoms with E-state index in [2.05, 4.69) is 22.5 Å². The average molecular weight is 395 g/mol. The van der Waals surface area contributed by atoms with Crippen LogP contribution in [0.4, 0.5) is 5.69 Å². The van der Waals surface area contributed by atoms with Crippen molar-refractivity contribution < 1.29 is 9.59 Å². The zero-order valence-corrected chi connectivity index (χ0v) is 16.6. The summed E-state index contributed by atoms with van der Waals surface area (Å²) >= 11 is 6.00. The summed E-state index contributed by atoms with van der Waals surface area (Å²) in [4.78, 5) is 24.0. The number of halogens is 1.